The van der Waals surface area contributed by atoms with Crippen LogP contribution in [0, 0.1) is 5.92 Å². The van der Waals surface area contributed by atoms with Gasteiger partial charge in [0.25, 0.3) is 0 Å². The van der Waals surface area contributed by atoms with Gasteiger partial charge in [-0.3, -0.25) is 0 Å². The summed E-state index contributed by atoms with van der Waals surface area (Å²) in [7, 11) is 0. The van der Waals surface area contributed by atoms with Crippen LogP contribution in [0.2, 0.25) is 0 Å². The summed E-state index contributed by atoms with van der Waals surface area (Å²) in [5.74, 6) is 0.891. The Hall–Kier alpha value is -0.760. The lowest BCUT2D eigenvalue weighted by molar-refractivity contribution is 0.335. The van der Waals surface area contributed by atoms with Crippen LogP contribution in [0.25, 0.3) is 0 Å². The van der Waals surface area contributed by atoms with Gasteiger partial charge in [0.1, 0.15) is 0 Å². The van der Waals surface area contributed by atoms with E-state index in [1.165, 1.54) is 25.0 Å². The van der Waals surface area contributed by atoms with Gasteiger partial charge in [0.05, 0.1) is 0 Å². The fourth-order valence-corrected chi connectivity index (χ4v) is 2.34. The summed E-state index contributed by atoms with van der Waals surface area (Å²) in [5, 5.41) is 3.70. The van der Waals surface area contributed by atoms with E-state index in [0.717, 1.165) is 19.0 Å². The maximum absolute atomic E-state index is 3.70. The lowest BCUT2D eigenvalue weighted by Crippen LogP contribution is -2.41. The molecule has 0 saturated heterocycles. The Morgan fingerprint density at radius 3 is 2.81 bits per heavy atom. The normalized spacial score (nSPS) is 16.7. The van der Waals surface area contributed by atoms with Gasteiger partial charge in [0.15, 0.2) is 0 Å². The smallest absolute Gasteiger partial charge is 0.0364 e. The Balaban J connectivity index is 1.90. The number of rotatable bonds is 6. The average molecular weight is 220 g/mol. The zero-order valence-electron chi connectivity index (χ0n) is 10.8. The van der Waals surface area contributed by atoms with Crippen molar-refractivity contribution >= 4 is 0 Å². The summed E-state index contributed by atoms with van der Waals surface area (Å²) < 4.78 is 2.36. The highest BCUT2D eigenvalue weighted by atomic mass is 15.0. The van der Waals surface area contributed by atoms with E-state index < -0.39 is 0 Å². The molecule has 0 bridgehead atoms. The van der Waals surface area contributed by atoms with Crippen molar-refractivity contribution in [1.29, 1.82) is 0 Å². The molecule has 1 N–H and O–H groups in total. The third kappa shape index (κ3) is 2.67. The van der Waals surface area contributed by atoms with Crippen molar-refractivity contribution in [2.75, 3.05) is 0 Å². The summed E-state index contributed by atoms with van der Waals surface area (Å²) in [6.45, 7) is 9.02. The number of aromatic nitrogens is 1. The van der Waals surface area contributed by atoms with E-state index in [4.69, 9.17) is 0 Å². The maximum atomic E-state index is 3.70. The number of nitrogens with zero attached hydrogens (tertiary/aromatic N) is 1. The molecule has 0 atom stereocenters. The first-order chi connectivity index (χ1) is 7.63. The fraction of sp³-hybridized carbons (Fsp3) is 0.714. The summed E-state index contributed by atoms with van der Waals surface area (Å²) in [4.78, 5) is 0. The molecular weight excluding hydrogens is 196 g/mol. The first kappa shape index (κ1) is 11.7. The van der Waals surface area contributed by atoms with E-state index in [1.54, 1.807) is 0 Å². The molecule has 1 fully saturated rings. The monoisotopic (exact) mass is 220 g/mol. The standard InChI is InChI=1S/C14H24N2/c1-4-9-16-10-5-6-13(16)11-15-14(2,3)12-7-8-12/h5-6,10,12,15H,4,7-9,11H2,1-3H3. The summed E-state index contributed by atoms with van der Waals surface area (Å²) in [5.41, 5.74) is 1.72. The van der Waals surface area contributed by atoms with Crippen molar-refractivity contribution in [3.8, 4) is 0 Å². The van der Waals surface area contributed by atoms with E-state index in [-0.39, 0.29) is 0 Å². The summed E-state index contributed by atoms with van der Waals surface area (Å²) in [6.07, 6.45) is 6.18. The molecule has 1 aliphatic carbocycles. The van der Waals surface area contributed by atoms with Gasteiger partial charge in [-0.2, -0.15) is 0 Å². The molecule has 1 heterocycles. The number of aryl methyl sites for hydroxylation is 1. The topological polar surface area (TPSA) is 17.0 Å². The predicted octanol–water partition coefficient (Wildman–Crippen LogP) is 3.18. The molecule has 0 radical (unpaired) electrons. The molecule has 0 spiro atoms. The van der Waals surface area contributed by atoms with Crippen molar-refractivity contribution in [2.24, 2.45) is 5.92 Å². The van der Waals surface area contributed by atoms with Crippen LogP contribution in [-0.4, -0.2) is 10.1 Å². The first-order valence-electron chi connectivity index (χ1n) is 6.52. The van der Waals surface area contributed by atoms with Crippen molar-refractivity contribution < 1.29 is 0 Å². The molecule has 1 saturated carbocycles. The van der Waals surface area contributed by atoms with Gasteiger partial charge in [-0.05, 0) is 51.2 Å². The van der Waals surface area contributed by atoms with Gasteiger partial charge in [-0.1, -0.05) is 6.92 Å². The highest BCUT2D eigenvalue weighted by Gasteiger charge is 2.37. The largest absolute Gasteiger partial charge is 0.350 e. The van der Waals surface area contributed by atoms with Crippen LogP contribution >= 0.6 is 0 Å². The van der Waals surface area contributed by atoms with Gasteiger partial charge < -0.3 is 9.88 Å². The summed E-state index contributed by atoms with van der Waals surface area (Å²) in [6, 6.07) is 4.38. The second kappa shape index (κ2) is 4.62. The van der Waals surface area contributed by atoms with Crippen LogP contribution in [0.15, 0.2) is 18.3 Å². The average Bonchev–Trinajstić information content (AvgIpc) is 3.00. The Labute approximate surface area is 99.0 Å². The van der Waals surface area contributed by atoms with Crippen LogP contribution < -0.4 is 5.32 Å². The minimum absolute atomic E-state index is 0.307. The molecule has 0 aliphatic heterocycles. The molecule has 0 amide bonds. The summed E-state index contributed by atoms with van der Waals surface area (Å²) >= 11 is 0. The Kier molecular flexibility index (Phi) is 3.38. The molecular formula is C14H24N2. The van der Waals surface area contributed by atoms with Gasteiger partial charge >= 0.3 is 0 Å². The number of hydrogen-bond acceptors (Lipinski definition) is 1. The quantitative estimate of drug-likeness (QED) is 0.779. The lowest BCUT2D eigenvalue weighted by atomic mass is 9.99. The molecule has 2 rings (SSSR count). The van der Waals surface area contributed by atoms with E-state index in [1.807, 2.05) is 0 Å². The van der Waals surface area contributed by atoms with Crippen LogP contribution in [0.1, 0.15) is 45.7 Å². The molecule has 16 heavy (non-hydrogen) atoms. The zero-order valence-corrected chi connectivity index (χ0v) is 10.8. The van der Waals surface area contributed by atoms with Crippen molar-refractivity contribution in [3.05, 3.63) is 24.0 Å². The third-order valence-electron chi connectivity index (χ3n) is 3.71. The highest BCUT2D eigenvalue weighted by Crippen LogP contribution is 2.39. The van der Waals surface area contributed by atoms with Crippen molar-refractivity contribution in [2.45, 2.75) is 58.7 Å². The lowest BCUT2D eigenvalue weighted by Gasteiger charge is -2.26. The number of nitrogens with one attached hydrogen (secondary N) is 1. The van der Waals surface area contributed by atoms with E-state index in [2.05, 4.69) is 49.0 Å². The maximum Gasteiger partial charge on any atom is 0.0364 e. The SMILES string of the molecule is CCCn1cccc1CNC(C)(C)C1CC1. The molecule has 2 nitrogen and oxygen atoms in total. The van der Waals surface area contributed by atoms with Gasteiger partial charge in [-0.25, -0.2) is 0 Å². The second-order valence-corrected chi connectivity index (χ2v) is 5.54. The van der Waals surface area contributed by atoms with Gasteiger partial charge in [-0.15, -0.1) is 0 Å². The molecule has 90 valence electrons. The minimum atomic E-state index is 0.307. The van der Waals surface area contributed by atoms with Crippen LogP contribution in [0.4, 0.5) is 0 Å². The predicted molar refractivity (Wildman–Crippen MR) is 68.4 cm³/mol. The van der Waals surface area contributed by atoms with Gasteiger partial charge in [0, 0.05) is 30.5 Å². The van der Waals surface area contributed by atoms with Gasteiger partial charge in [0.2, 0.25) is 0 Å². The minimum Gasteiger partial charge on any atom is -0.350 e. The molecule has 1 aromatic rings. The van der Waals surface area contributed by atoms with Crippen molar-refractivity contribution in [3.63, 3.8) is 0 Å². The number of hydrogen-bond donors (Lipinski definition) is 1. The Morgan fingerprint density at radius 2 is 2.19 bits per heavy atom. The third-order valence-corrected chi connectivity index (χ3v) is 3.71. The Morgan fingerprint density at radius 1 is 1.44 bits per heavy atom. The molecule has 0 unspecified atom stereocenters. The van der Waals surface area contributed by atoms with Crippen molar-refractivity contribution in [1.82, 2.24) is 9.88 Å². The highest BCUT2D eigenvalue weighted by molar-refractivity contribution is 5.08. The molecule has 1 aromatic heterocycles. The fourth-order valence-electron chi connectivity index (χ4n) is 2.34. The first-order valence-corrected chi connectivity index (χ1v) is 6.52. The van der Waals surface area contributed by atoms with Crippen LogP contribution in [0.3, 0.4) is 0 Å². The zero-order chi connectivity index (χ0) is 11.6. The van der Waals surface area contributed by atoms with E-state index >= 15 is 0 Å². The van der Waals surface area contributed by atoms with Crippen LogP contribution in [0.5, 0.6) is 0 Å². The molecule has 0 aromatic carbocycles. The second-order valence-electron chi connectivity index (χ2n) is 5.54. The van der Waals surface area contributed by atoms with E-state index in [0.29, 0.717) is 5.54 Å². The van der Waals surface area contributed by atoms with E-state index in [9.17, 15) is 0 Å². The Bertz CT molecular complexity index is 334. The van der Waals surface area contributed by atoms with Crippen LogP contribution in [-0.2, 0) is 13.1 Å². The molecule has 1 aliphatic rings. The molecule has 2 heteroatoms.